The molecule has 16 heavy (non-hydrogen) atoms. The number of hydrogen-bond donors (Lipinski definition) is 2. The minimum absolute atomic E-state index is 0.231. The summed E-state index contributed by atoms with van der Waals surface area (Å²) in [5.41, 5.74) is 0. The normalized spacial score (nSPS) is 32.7. The van der Waals surface area contributed by atoms with E-state index in [0.29, 0.717) is 13.1 Å². The van der Waals surface area contributed by atoms with E-state index in [-0.39, 0.29) is 11.3 Å². The molecule has 0 amide bonds. The highest BCUT2D eigenvalue weighted by Crippen LogP contribution is 2.28. The van der Waals surface area contributed by atoms with E-state index in [0.717, 1.165) is 25.7 Å². The molecule has 0 spiro atoms. The molecule has 1 aliphatic carbocycles. The van der Waals surface area contributed by atoms with Crippen LogP contribution in [0, 0.1) is 0 Å². The zero-order chi connectivity index (χ0) is 11.8. The van der Waals surface area contributed by atoms with Crippen molar-refractivity contribution in [1.82, 2.24) is 9.62 Å². The van der Waals surface area contributed by atoms with Crippen LogP contribution < -0.4 is 5.32 Å². The molecule has 2 fully saturated rings. The molecule has 1 saturated carbocycles. The highest BCUT2D eigenvalue weighted by molar-refractivity contribution is 7.89. The molecule has 2 N–H and O–H groups in total. The molecule has 94 valence electrons. The van der Waals surface area contributed by atoms with E-state index in [1.165, 1.54) is 4.31 Å². The molecule has 0 aromatic carbocycles. The molecule has 0 radical (unpaired) electrons. The van der Waals surface area contributed by atoms with Crippen LogP contribution in [0.15, 0.2) is 0 Å². The van der Waals surface area contributed by atoms with Gasteiger partial charge < -0.3 is 10.4 Å². The number of hydrogen-bond acceptors (Lipinski definition) is 4. The second-order valence-corrected chi connectivity index (χ2v) is 7.03. The number of sulfonamides is 1. The predicted octanol–water partition coefficient (Wildman–Crippen LogP) is -0.477. The maximum absolute atomic E-state index is 12.3. The fourth-order valence-electron chi connectivity index (χ4n) is 2.63. The van der Waals surface area contributed by atoms with E-state index >= 15 is 0 Å². The Balaban J connectivity index is 2.10. The third-order valence-corrected chi connectivity index (χ3v) is 6.13. The topological polar surface area (TPSA) is 69.6 Å². The molecular weight excluding hydrogens is 228 g/mol. The van der Waals surface area contributed by atoms with Gasteiger partial charge in [-0.2, -0.15) is 4.31 Å². The Hall–Kier alpha value is -0.170. The van der Waals surface area contributed by atoms with Crippen molar-refractivity contribution in [3.63, 3.8) is 0 Å². The summed E-state index contributed by atoms with van der Waals surface area (Å²) in [6, 6.07) is -0.300. The van der Waals surface area contributed by atoms with Gasteiger partial charge in [-0.1, -0.05) is 12.8 Å². The van der Waals surface area contributed by atoms with E-state index in [1.807, 2.05) is 0 Å². The van der Waals surface area contributed by atoms with Crippen molar-refractivity contribution in [2.45, 2.75) is 43.1 Å². The minimum Gasteiger partial charge on any atom is -0.390 e. The standard InChI is InChI=1S/C10H20N2O3S/c1-12(9-6-11-7-10(9)13)16(14,15)8-4-2-3-5-8/h8-11,13H,2-7H2,1H3/t9-,10-/m0/s1. The van der Waals surface area contributed by atoms with Gasteiger partial charge in [0.1, 0.15) is 0 Å². The predicted molar refractivity (Wildman–Crippen MR) is 61.6 cm³/mol. The zero-order valence-corrected chi connectivity index (χ0v) is 10.4. The zero-order valence-electron chi connectivity index (χ0n) is 9.59. The van der Waals surface area contributed by atoms with Crippen LogP contribution in [0.3, 0.4) is 0 Å². The number of likely N-dealkylation sites (N-methyl/N-ethyl adjacent to an activating group) is 1. The molecule has 1 saturated heterocycles. The average molecular weight is 248 g/mol. The summed E-state index contributed by atoms with van der Waals surface area (Å²) in [5.74, 6) is 0. The van der Waals surface area contributed by atoms with Gasteiger partial charge in [-0.25, -0.2) is 8.42 Å². The van der Waals surface area contributed by atoms with Gasteiger partial charge in [0, 0.05) is 20.1 Å². The van der Waals surface area contributed by atoms with Crippen molar-refractivity contribution in [3.8, 4) is 0 Å². The van der Waals surface area contributed by atoms with Crippen LogP contribution in [0.2, 0.25) is 0 Å². The lowest BCUT2D eigenvalue weighted by Gasteiger charge is -2.28. The van der Waals surface area contributed by atoms with Crippen LogP contribution in [0.5, 0.6) is 0 Å². The van der Waals surface area contributed by atoms with Crippen molar-refractivity contribution >= 4 is 10.0 Å². The largest absolute Gasteiger partial charge is 0.390 e. The maximum atomic E-state index is 12.3. The second-order valence-electron chi connectivity index (χ2n) is 4.76. The smallest absolute Gasteiger partial charge is 0.217 e. The number of aliphatic hydroxyl groups excluding tert-OH is 1. The van der Waals surface area contributed by atoms with Gasteiger partial charge in [-0.3, -0.25) is 0 Å². The first-order chi connectivity index (χ1) is 7.53. The fraction of sp³-hybridized carbons (Fsp3) is 1.00. The highest BCUT2D eigenvalue weighted by Gasteiger charge is 2.39. The van der Waals surface area contributed by atoms with Crippen LogP contribution in [0.25, 0.3) is 0 Å². The Morgan fingerprint density at radius 2 is 1.88 bits per heavy atom. The van der Waals surface area contributed by atoms with E-state index in [1.54, 1.807) is 7.05 Å². The quantitative estimate of drug-likeness (QED) is 0.708. The molecule has 2 aliphatic rings. The van der Waals surface area contributed by atoms with Crippen LogP contribution in [-0.2, 0) is 10.0 Å². The molecule has 2 atom stereocenters. The number of nitrogens with zero attached hydrogens (tertiary/aromatic N) is 1. The summed E-state index contributed by atoms with van der Waals surface area (Å²) in [6.45, 7) is 1.03. The van der Waals surface area contributed by atoms with E-state index < -0.39 is 16.1 Å². The van der Waals surface area contributed by atoms with Gasteiger partial charge in [0.05, 0.1) is 17.4 Å². The van der Waals surface area contributed by atoms with Gasteiger partial charge in [0.2, 0.25) is 10.0 Å². The Bertz CT molecular complexity index is 338. The number of nitrogens with one attached hydrogen (secondary N) is 1. The Morgan fingerprint density at radius 1 is 1.25 bits per heavy atom. The van der Waals surface area contributed by atoms with Gasteiger partial charge in [-0.05, 0) is 12.8 Å². The van der Waals surface area contributed by atoms with Crippen LogP contribution in [0.1, 0.15) is 25.7 Å². The van der Waals surface area contributed by atoms with Crippen molar-refractivity contribution in [2.75, 3.05) is 20.1 Å². The van der Waals surface area contributed by atoms with E-state index in [4.69, 9.17) is 0 Å². The Morgan fingerprint density at radius 3 is 2.38 bits per heavy atom. The van der Waals surface area contributed by atoms with Gasteiger partial charge in [-0.15, -0.1) is 0 Å². The molecule has 0 unspecified atom stereocenters. The van der Waals surface area contributed by atoms with Crippen molar-refractivity contribution < 1.29 is 13.5 Å². The average Bonchev–Trinajstić information content (AvgIpc) is 2.86. The summed E-state index contributed by atoms with van der Waals surface area (Å²) in [7, 11) is -1.63. The SMILES string of the molecule is CN([C@H]1CNC[C@@H]1O)S(=O)(=O)C1CCCC1. The fourth-order valence-corrected chi connectivity index (χ4v) is 4.62. The highest BCUT2D eigenvalue weighted by atomic mass is 32.2. The summed E-state index contributed by atoms with van der Waals surface area (Å²) >= 11 is 0. The van der Waals surface area contributed by atoms with Gasteiger partial charge >= 0.3 is 0 Å². The first kappa shape index (κ1) is 12.3. The van der Waals surface area contributed by atoms with Gasteiger partial charge in [0.25, 0.3) is 0 Å². The third-order valence-electron chi connectivity index (χ3n) is 3.74. The van der Waals surface area contributed by atoms with Gasteiger partial charge in [0.15, 0.2) is 0 Å². The Labute approximate surface area is 96.9 Å². The first-order valence-corrected chi connectivity index (χ1v) is 7.39. The van der Waals surface area contributed by atoms with Crippen LogP contribution in [-0.4, -0.2) is 55.4 Å². The molecule has 0 aromatic rings. The lowest BCUT2D eigenvalue weighted by atomic mass is 10.2. The van der Waals surface area contributed by atoms with E-state index in [9.17, 15) is 13.5 Å². The summed E-state index contributed by atoms with van der Waals surface area (Å²) in [6.07, 6.45) is 2.96. The van der Waals surface area contributed by atoms with Crippen LogP contribution in [0.4, 0.5) is 0 Å². The molecule has 2 rings (SSSR count). The minimum atomic E-state index is -3.22. The monoisotopic (exact) mass is 248 g/mol. The molecule has 6 heteroatoms. The maximum Gasteiger partial charge on any atom is 0.217 e. The summed E-state index contributed by atoms with van der Waals surface area (Å²) < 4.78 is 25.9. The lowest BCUT2D eigenvalue weighted by Crippen LogP contribution is -2.47. The first-order valence-electron chi connectivity index (χ1n) is 5.89. The van der Waals surface area contributed by atoms with E-state index in [2.05, 4.69) is 5.32 Å². The number of β-amino-alcohol motifs (C(OH)–C–C–N with tert-alkyl or cyclic N) is 1. The molecular formula is C10H20N2O3S. The second kappa shape index (κ2) is 4.60. The molecule has 5 nitrogen and oxygen atoms in total. The number of aliphatic hydroxyl groups is 1. The molecule has 1 aliphatic heterocycles. The lowest BCUT2D eigenvalue weighted by molar-refractivity contribution is 0.136. The third kappa shape index (κ3) is 2.11. The summed E-state index contributed by atoms with van der Waals surface area (Å²) in [5, 5.41) is 12.5. The van der Waals surface area contributed by atoms with Crippen molar-refractivity contribution in [3.05, 3.63) is 0 Å². The van der Waals surface area contributed by atoms with Crippen molar-refractivity contribution in [2.24, 2.45) is 0 Å². The number of rotatable bonds is 3. The molecule has 0 aromatic heterocycles. The Kier molecular flexibility index (Phi) is 3.53. The van der Waals surface area contributed by atoms with Crippen molar-refractivity contribution in [1.29, 1.82) is 0 Å². The van der Waals surface area contributed by atoms with Crippen LogP contribution >= 0.6 is 0 Å². The summed E-state index contributed by atoms with van der Waals surface area (Å²) in [4.78, 5) is 0. The molecule has 0 bridgehead atoms. The molecule has 1 heterocycles.